The third-order valence-electron chi connectivity index (χ3n) is 7.72. The first-order valence-electron chi connectivity index (χ1n) is 13.9. The Hall–Kier alpha value is -4.70. The van der Waals surface area contributed by atoms with Crippen molar-refractivity contribution in [2.24, 2.45) is 11.7 Å². The number of piperidine rings is 1. The maximum Gasteiger partial charge on any atom is 0.340 e. The number of nitrogens with zero attached hydrogens (tertiary/aromatic N) is 2. The van der Waals surface area contributed by atoms with Crippen LogP contribution in [0.15, 0.2) is 82.0 Å². The van der Waals surface area contributed by atoms with Gasteiger partial charge in [-0.1, -0.05) is 30.3 Å². The second kappa shape index (κ2) is 12.9. The highest BCUT2D eigenvalue weighted by atomic mass is 16.6. The number of aryl methyl sites for hydroxylation is 1. The Morgan fingerprint density at radius 1 is 1.07 bits per heavy atom. The van der Waals surface area contributed by atoms with E-state index < -0.39 is 11.0 Å². The molecule has 42 heavy (non-hydrogen) atoms. The number of carbonyl (C=O) groups is 1. The highest BCUT2D eigenvalue weighted by Crippen LogP contribution is 2.26. The van der Waals surface area contributed by atoms with E-state index in [9.17, 15) is 19.7 Å². The molecule has 0 spiro atoms. The largest absolute Gasteiger partial charge is 0.490 e. The minimum Gasteiger partial charge on any atom is -0.490 e. The number of nitrogens with two attached hydrogens (primary N) is 1. The second-order valence-corrected chi connectivity index (χ2v) is 10.6. The molecule has 0 saturated carbocycles. The number of nitro benzene ring substituents is 1. The molecule has 3 aromatic carbocycles. The summed E-state index contributed by atoms with van der Waals surface area (Å²) in [5.74, 6) is 0.593. The quantitative estimate of drug-likeness (QED) is 0.156. The van der Waals surface area contributed by atoms with Crippen molar-refractivity contribution in [1.29, 1.82) is 0 Å². The first-order chi connectivity index (χ1) is 20.3. The van der Waals surface area contributed by atoms with E-state index >= 15 is 0 Å². The van der Waals surface area contributed by atoms with Gasteiger partial charge in [-0.15, -0.1) is 0 Å². The number of ether oxygens (including phenoxy) is 2. The van der Waals surface area contributed by atoms with Crippen molar-refractivity contribution in [2.45, 2.75) is 32.3 Å². The zero-order valence-electron chi connectivity index (χ0n) is 23.4. The first-order valence-corrected chi connectivity index (χ1v) is 13.9. The molecule has 4 aromatic rings. The van der Waals surface area contributed by atoms with Crippen molar-refractivity contribution in [3.8, 4) is 11.5 Å². The molecule has 1 fully saturated rings. The second-order valence-electron chi connectivity index (χ2n) is 10.6. The van der Waals surface area contributed by atoms with E-state index in [1.54, 1.807) is 18.2 Å². The number of primary amides is 1. The van der Waals surface area contributed by atoms with Crippen molar-refractivity contribution in [3.63, 3.8) is 0 Å². The molecule has 1 aromatic heterocycles. The molecule has 10 nitrogen and oxygen atoms in total. The van der Waals surface area contributed by atoms with E-state index in [1.165, 1.54) is 12.1 Å². The minimum absolute atomic E-state index is 0.0245. The fourth-order valence-electron chi connectivity index (χ4n) is 5.31. The van der Waals surface area contributed by atoms with Crippen LogP contribution >= 0.6 is 0 Å². The Kier molecular flexibility index (Phi) is 8.83. The van der Waals surface area contributed by atoms with Crippen LogP contribution in [0.3, 0.4) is 0 Å². The van der Waals surface area contributed by atoms with Gasteiger partial charge in [0, 0.05) is 48.0 Å². The average Bonchev–Trinajstić information content (AvgIpc) is 2.99. The van der Waals surface area contributed by atoms with E-state index in [0.717, 1.165) is 16.5 Å². The van der Waals surface area contributed by atoms with Gasteiger partial charge in [-0.2, -0.15) is 0 Å². The molecule has 1 saturated heterocycles. The monoisotopic (exact) mass is 571 g/mol. The lowest BCUT2D eigenvalue weighted by Gasteiger charge is -2.33. The molecule has 2 N–H and O–H groups in total. The maximum atomic E-state index is 12.9. The number of likely N-dealkylation sites (tertiary alicyclic amines) is 1. The predicted octanol–water partition coefficient (Wildman–Crippen LogP) is 4.62. The Morgan fingerprint density at radius 2 is 1.76 bits per heavy atom. The predicted molar refractivity (Wildman–Crippen MR) is 158 cm³/mol. The summed E-state index contributed by atoms with van der Waals surface area (Å²) in [5, 5.41) is 11.9. The Bertz CT molecular complexity index is 1610. The maximum absolute atomic E-state index is 12.9. The normalized spacial score (nSPS) is 14.9. The SMILES string of the molecule is Cc1c(Cc2ccccc2)c(=O)oc2cc(OCC(CN3CCC(C(N)=O)CC3)Oc3ccc([N+](=O)[O-])cc3)ccc12. The zero-order valence-corrected chi connectivity index (χ0v) is 23.4. The minimum atomic E-state index is -0.461. The van der Waals surface area contributed by atoms with Crippen LogP contribution in [0.4, 0.5) is 5.69 Å². The van der Waals surface area contributed by atoms with E-state index in [0.29, 0.717) is 61.5 Å². The van der Waals surface area contributed by atoms with Gasteiger partial charge in [0.1, 0.15) is 29.8 Å². The number of hydrogen-bond acceptors (Lipinski definition) is 8. The van der Waals surface area contributed by atoms with Crippen LogP contribution in [-0.2, 0) is 11.2 Å². The van der Waals surface area contributed by atoms with Gasteiger partial charge in [-0.25, -0.2) is 4.79 Å². The van der Waals surface area contributed by atoms with Crippen molar-refractivity contribution in [2.75, 3.05) is 26.2 Å². The van der Waals surface area contributed by atoms with Crippen molar-refractivity contribution in [3.05, 3.63) is 110 Å². The van der Waals surface area contributed by atoms with Gasteiger partial charge in [0.05, 0.1) is 4.92 Å². The molecule has 1 aliphatic rings. The summed E-state index contributed by atoms with van der Waals surface area (Å²) in [4.78, 5) is 37.2. The summed E-state index contributed by atoms with van der Waals surface area (Å²) >= 11 is 0. The molecular formula is C32H33N3O7. The lowest BCUT2D eigenvalue weighted by atomic mass is 9.96. The van der Waals surface area contributed by atoms with Crippen LogP contribution in [0, 0.1) is 23.0 Å². The Balaban J connectivity index is 1.31. The summed E-state index contributed by atoms with van der Waals surface area (Å²) < 4.78 is 18.0. The smallest absolute Gasteiger partial charge is 0.340 e. The fourth-order valence-corrected chi connectivity index (χ4v) is 5.31. The van der Waals surface area contributed by atoms with Crippen LogP contribution in [0.25, 0.3) is 11.0 Å². The summed E-state index contributed by atoms with van der Waals surface area (Å²) in [6.45, 7) is 4.01. The lowest BCUT2D eigenvalue weighted by molar-refractivity contribution is -0.384. The number of amides is 1. The molecule has 218 valence electrons. The molecule has 1 atom stereocenters. The highest BCUT2D eigenvalue weighted by molar-refractivity contribution is 5.82. The fraction of sp³-hybridized carbons (Fsp3) is 0.312. The van der Waals surface area contributed by atoms with Crippen LogP contribution in [-0.4, -0.2) is 48.1 Å². The zero-order chi connectivity index (χ0) is 29.6. The molecule has 10 heteroatoms. The summed E-state index contributed by atoms with van der Waals surface area (Å²) in [7, 11) is 0. The van der Waals surface area contributed by atoms with Crippen LogP contribution in [0.5, 0.6) is 11.5 Å². The molecule has 0 aliphatic carbocycles. The number of rotatable bonds is 11. The summed E-state index contributed by atoms with van der Waals surface area (Å²) in [6, 6.07) is 21.1. The number of hydrogen-bond donors (Lipinski definition) is 1. The molecule has 0 bridgehead atoms. The van der Waals surface area contributed by atoms with Gasteiger partial charge in [0.15, 0.2) is 0 Å². The van der Waals surface area contributed by atoms with Gasteiger partial charge in [-0.3, -0.25) is 19.8 Å². The van der Waals surface area contributed by atoms with E-state index in [-0.39, 0.29) is 29.7 Å². The van der Waals surface area contributed by atoms with Crippen LogP contribution in [0.2, 0.25) is 0 Å². The van der Waals surface area contributed by atoms with Gasteiger partial charge in [0.2, 0.25) is 5.91 Å². The average molecular weight is 572 g/mol. The van der Waals surface area contributed by atoms with Gasteiger partial charge in [-0.05, 0) is 68.2 Å². The Labute approximate surface area is 242 Å². The summed E-state index contributed by atoms with van der Waals surface area (Å²) in [5.41, 5.74) is 8.05. The molecule has 5 rings (SSSR count). The van der Waals surface area contributed by atoms with E-state index in [2.05, 4.69) is 4.90 Å². The molecular weight excluding hydrogens is 538 g/mol. The van der Waals surface area contributed by atoms with Gasteiger partial charge >= 0.3 is 5.63 Å². The third kappa shape index (κ3) is 6.95. The Morgan fingerprint density at radius 3 is 2.43 bits per heavy atom. The molecule has 1 unspecified atom stereocenters. The van der Waals surface area contributed by atoms with Crippen molar-refractivity contribution < 1.29 is 23.6 Å². The van der Waals surface area contributed by atoms with Crippen LogP contribution in [0.1, 0.15) is 29.5 Å². The molecule has 0 radical (unpaired) electrons. The van der Waals surface area contributed by atoms with Crippen molar-refractivity contribution >= 4 is 22.6 Å². The number of nitro groups is 1. The van der Waals surface area contributed by atoms with E-state index in [1.807, 2.05) is 49.4 Å². The van der Waals surface area contributed by atoms with Gasteiger partial charge in [0.25, 0.3) is 5.69 Å². The summed E-state index contributed by atoms with van der Waals surface area (Å²) in [6.07, 6.45) is 1.42. The highest BCUT2D eigenvalue weighted by Gasteiger charge is 2.26. The number of benzene rings is 3. The number of fused-ring (bicyclic) bond motifs is 1. The number of non-ortho nitro benzene ring substituents is 1. The standard InChI is InChI=1S/C32H33N3O7/c1-21-28-12-11-26(18-30(28)42-32(37)29(21)17-22-5-3-2-4-6-22)40-20-27(19-34-15-13-23(14-16-34)31(33)36)41-25-9-7-24(8-10-25)35(38)39/h2-12,18,23,27H,13-17,19-20H2,1H3,(H2,33,36). The van der Waals surface area contributed by atoms with Crippen LogP contribution < -0.4 is 20.8 Å². The lowest BCUT2D eigenvalue weighted by Crippen LogP contribution is -2.44. The molecule has 1 aliphatic heterocycles. The first kappa shape index (κ1) is 28.8. The van der Waals surface area contributed by atoms with E-state index in [4.69, 9.17) is 19.6 Å². The molecule has 1 amide bonds. The van der Waals surface area contributed by atoms with Gasteiger partial charge < -0.3 is 19.6 Å². The topological polar surface area (TPSA) is 138 Å². The third-order valence-corrected chi connectivity index (χ3v) is 7.72. The number of carbonyl (C=O) groups excluding carboxylic acids is 1. The molecule has 2 heterocycles. The van der Waals surface area contributed by atoms with Crippen molar-refractivity contribution in [1.82, 2.24) is 4.90 Å².